The fourth-order valence-electron chi connectivity index (χ4n) is 5.24. The molecule has 1 rings (SSSR count). The van der Waals surface area contributed by atoms with Crippen LogP contribution < -0.4 is 51.4 Å². The summed E-state index contributed by atoms with van der Waals surface area (Å²) in [7, 11) is -4.28. The first-order chi connectivity index (χ1) is 20.8. The second kappa shape index (κ2) is 30.1. The molecule has 9 heteroatoms. The van der Waals surface area contributed by atoms with Crippen molar-refractivity contribution in [1.29, 1.82) is 0 Å². The van der Waals surface area contributed by atoms with Gasteiger partial charge in [-0.25, -0.2) is 18.0 Å². The van der Waals surface area contributed by atoms with Gasteiger partial charge < -0.3 is 14.0 Å². The molecule has 0 aliphatic rings. The topological polar surface area (TPSA) is 110 Å². The number of carbonyl (C=O) groups is 2. The number of hydrogen-bond acceptors (Lipinski definition) is 7. The molecule has 0 N–H and O–H groups in total. The summed E-state index contributed by atoms with van der Waals surface area (Å²) in [4.78, 5) is 24.9. The molecule has 44 heavy (non-hydrogen) atoms. The quantitative estimate of drug-likeness (QED) is 0.0415. The zero-order valence-electron chi connectivity index (χ0n) is 28.0. The van der Waals surface area contributed by atoms with Crippen LogP contribution in [0.1, 0.15) is 175 Å². The van der Waals surface area contributed by atoms with Crippen molar-refractivity contribution in [3.8, 4) is 0 Å². The van der Waals surface area contributed by atoms with Crippen molar-refractivity contribution in [3.63, 3.8) is 0 Å². The number of unbranched alkanes of at least 4 members (excludes halogenated alkanes) is 21. The Bertz CT molecular complexity index is 952. The molecule has 1 aromatic carbocycles. The summed E-state index contributed by atoms with van der Waals surface area (Å²) >= 11 is 0. The van der Waals surface area contributed by atoms with Crippen LogP contribution in [-0.4, -0.2) is 43.9 Å². The van der Waals surface area contributed by atoms with Gasteiger partial charge >= 0.3 is 63.3 Å². The van der Waals surface area contributed by atoms with Crippen LogP contribution in [0.25, 0.3) is 0 Å². The van der Waals surface area contributed by atoms with E-state index in [4.69, 9.17) is 9.47 Å². The Balaban J connectivity index is 0.0000185. The van der Waals surface area contributed by atoms with Gasteiger partial charge in [0.05, 0.1) is 34.5 Å². The van der Waals surface area contributed by atoms with Crippen LogP contribution in [0.5, 0.6) is 0 Å². The fraction of sp³-hybridized carbons (Fsp3) is 0.771. The molecule has 0 aliphatic heterocycles. The van der Waals surface area contributed by atoms with E-state index in [1.54, 1.807) is 12.1 Å². The molecule has 0 bridgehead atoms. The third-order valence-corrected chi connectivity index (χ3v) is 8.66. The van der Waals surface area contributed by atoms with Gasteiger partial charge in [0.15, 0.2) is 0 Å². The summed E-state index contributed by atoms with van der Waals surface area (Å²) < 4.78 is 42.5. The summed E-state index contributed by atoms with van der Waals surface area (Å²) in [5, 5.41) is 0. The molecule has 0 saturated heterocycles. The fourth-order valence-corrected chi connectivity index (χ4v) is 5.80. The molecule has 0 aliphatic carbocycles. The summed E-state index contributed by atoms with van der Waals surface area (Å²) in [6.45, 7) is 2.56. The molecule has 248 valence electrons. The molecule has 0 spiro atoms. The minimum absolute atomic E-state index is 0. The normalized spacial score (nSPS) is 11.2. The average molecular weight is 663 g/mol. The largest absolute Gasteiger partial charge is 1.00 e. The van der Waals surface area contributed by atoms with E-state index < -0.39 is 27.8 Å². The third-order valence-electron chi connectivity index (χ3n) is 7.87. The first kappa shape index (κ1) is 43.7. The van der Waals surface area contributed by atoms with Crippen molar-refractivity contribution >= 4 is 22.1 Å². The van der Waals surface area contributed by atoms with Crippen LogP contribution in [0, 0.1) is 0 Å². The zero-order valence-corrected chi connectivity index (χ0v) is 31.9. The van der Waals surface area contributed by atoms with E-state index in [9.17, 15) is 22.6 Å². The number of hydrogen-bond donors (Lipinski definition) is 0. The monoisotopic (exact) mass is 662 g/mol. The van der Waals surface area contributed by atoms with Gasteiger partial charge in [0, 0.05) is 5.75 Å². The zero-order chi connectivity index (χ0) is 31.4. The van der Waals surface area contributed by atoms with Crippen molar-refractivity contribution in [2.75, 3.05) is 19.0 Å². The predicted octanol–water partition coefficient (Wildman–Crippen LogP) is 6.54. The van der Waals surface area contributed by atoms with Gasteiger partial charge in [-0.05, 0) is 31.4 Å². The van der Waals surface area contributed by atoms with Crippen LogP contribution in [0.3, 0.4) is 0 Å². The number of ether oxygens (including phenoxy) is 2. The summed E-state index contributed by atoms with van der Waals surface area (Å²) in [6, 6.07) is 6.32. The molecule has 0 heterocycles. The minimum atomic E-state index is -4.28. The molecule has 0 saturated carbocycles. The first-order valence-corrected chi connectivity index (χ1v) is 18.8. The van der Waals surface area contributed by atoms with E-state index in [-0.39, 0.29) is 82.0 Å². The second-order valence-corrected chi connectivity index (χ2v) is 13.4. The van der Waals surface area contributed by atoms with Gasteiger partial charge in [0.25, 0.3) is 0 Å². The van der Waals surface area contributed by atoms with Crippen molar-refractivity contribution in [2.24, 2.45) is 0 Å². The van der Waals surface area contributed by atoms with E-state index >= 15 is 0 Å². The van der Waals surface area contributed by atoms with Crippen molar-refractivity contribution in [3.05, 3.63) is 35.4 Å². The third kappa shape index (κ3) is 25.8. The van der Waals surface area contributed by atoms with Gasteiger partial charge in [-0.2, -0.15) is 0 Å². The van der Waals surface area contributed by atoms with Gasteiger partial charge in [0.1, 0.15) is 0 Å². The molecule has 0 fully saturated rings. The Kier molecular flexibility index (Phi) is 29.9. The maximum absolute atomic E-state index is 12.5. The minimum Gasteiger partial charge on any atom is -0.748 e. The summed E-state index contributed by atoms with van der Waals surface area (Å²) in [5.41, 5.74) is 0.265. The van der Waals surface area contributed by atoms with Gasteiger partial charge in [-0.1, -0.05) is 147 Å². The molecule has 0 unspecified atom stereocenters. The Morgan fingerprint density at radius 2 is 0.841 bits per heavy atom. The molecular formula is C35H59KO7S. The van der Waals surface area contributed by atoms with E-state index in [1.807, 2.05) is 0 Å². The van der Waals surface area contributed by atoms with E-state index in [0.717, 1.165) is 19.3 Å². The summed E-state index contributed by atoms with van der Waals surface area (Å²) in [5.74, 6) is -1.72. The molecule has 0 radical (unpaired) electrons. The molecular weight excluding hydrogens is 604 g/mol. The van der Waals surface area contributed by atoms with Crippen LogP contribution in [0.15, 0.2) is 24.3 Å². The van der Waals surface area contributed by atoms with Crippen molar-refractivity contribution in [2.45, 2.75) is 155 Å². The second-order valence-electron chi connectivity index (χ2n) is 11.9. The van der Waals surface area contributed by atoms with E-state index in [1.165, 1.54) is 128 Å². The molecule has 1 aromatic rings. The SMILES string of the molecule is CCCCCCCCCCCCCCCCCCCCCCCOC(=O)c1ccccc1C(=O)OCCCCS(=O)(=O)[O-].[K+]. The summed E-state index contributed by atoms with van der Waals surface area (Å²) in [6.07, 6.45) is 28.1. The number of carbonyl (C=O) groups excluding carboxylic acids is 2. The Hall–Kier alpha value is -0.294. The maximum atomic E-state index is 12.5. The molecule has 0 atom stereocenters. The number of benzene rings is 1. The van der Waals surface area contributed by atoms with Gasteiger partial charge in [-0.15, -0.1) is 0 Å². The molecule has 0 amide bonds. The average Bonchev–Trinajstić information content (AvgIpc) is 2.98. The Morgan fingerprint density at radius 1 is 0.545 bits per heavy atom. The van der Waals surface area contributed by atoms with Crippen LogP contribution >= 0.6 is 0 Å². The van der Waals surface area contributed by atoms with Crippen LogP contribution in [-0.2, 0) is 19.6 Å². The van der Waals surface area contributed by atoms with Gasteiger partial charge in [-0.3, -0.25) is 0 Å². The maximum Gasteiger partial charge on any atom is 1.00 e. The Morgan fingerprint density at radius 3 is 1.16 bits per heavy atom. The van der Waals surface area contributed by atoms with E-state index in [0.29, 0.717) is 6.61 Å². The smallest absolute Gasteiger partial charge is 0.748 e. The first-order valence-electron chi connectivity index (χ1n) is 17.2. The number of esters is 2. The molecule has 0 aromatic heterocycles. The van der Waals surface area contributed by atoms with Crippen LogP contribution in [0.2, 0.25) is 0 Å². The van der Waals surface area contributed by atoms with Crippen molar-refractivity contribution < 1.29 is 83.4 Å². The van der Waals surface area contributed by atoms with Crippen molar-refractivity contribution in [1.82, 2.24) is 0 Å². The molecule has 7 nitrogen and oxygen atoms in total. The van der Waals surface area contributed by atoms with E-state index in [2.05, 4.69) is 6.92 Å². The number of rotatable bonds is 29. The standard InChI is InChI=1S/C35H60O7S.K/c1-2-3-4-5-6-7-8-9-10-11-12-13-14-15-16-17-18-19-20-21-24-29-41-34(36)32-27-22-23-28-33(32)35(37)42-30-25-26-31-43(38,39)40;/h22-23,27-28H,2-21,24-26,29-31H2,1H3,(H,38,39,40);/q;+1/p-1. The Labute approximate surface area is 311 Å². The predicted molar refractivity (Wildman–Crippen MR) is 173 cm³/mol. The van der Waals surface area contributed by atoms with Crippen LogP contribution in [0.4, 0.5) is 0 Å². The van der Waals surface area contributed by atoms with Gasteiger partial charge in [0.2, 0.25) is 0 Å².